The van der Waals surface area contributed by atoms with Gasteiger partial charge in [0.2, 0.25) is 0 Å². The van der Waals surface area contributed by atoms with Gasteiger partial charge in [-0.3, -0.25) is 9.13 Å². The van der Waals surface area contributed by atoms with E-state index in [1.165, 1.54) is 10.8 Å². The van der Waals surface area contributed by atoms with Crippen LogP contribution >= 0.6 is 0 Å². The molecule has 4 aromatic heterocycles. The van der Waals surface area contributed by atoms with E-state index in [9.17, 15) is 0 Å². The van der Waals surface area contributed by atoms with Crippen LogP contribution in [0.3, 0.4) is 0 Å². The molecule has 0 aliphatic rings. The molecule has 6 nitrogen and oxygen atoms in total. The monoisotopic (exact) mass is 552 g/mol. The van der Waals surface area contributed by atoms with Crippen LogP contribution in [0.4, 0.5) is 0 Å². The molecule has 0 bridgehead atoms. The molecule has 0 fully saturated rings. The van der Waals surface area contributed by atoms with E-state index in [1.807, 2.05) is 30.7 Å². The molecule has 9 rings (SSSR count). The summed E-state index contributed by atoms with van der Waals surface area (Å²) in [4.78, 5) is 15.0. The zero-order valence-corrected chi connectivity index (χ0v) is 23.0. The highest BCUT2D eigenvalue weighted by Gasteiger charge is 2.18. The molecule has 6 heteroatoms. The second-order valence-electron chi connectivity index (χ2n) is 10.7. The van der Waals surface area contributed by atoms with E-state index in [0.717, 1.165) is 61.9 Å². The molecular weight excluding hydrogens is 528 g/mol. The quantitative estimate of drug-likeness (QED) is 0.220. The van der Waals surface area contributed by atoms with Crippen molar-refractivity contribution in [2.45, 2.75) is 0 Å². The topological polar surface area (TPSA) is 52.9 Å². The molecule has 0 aliphatic carbocycles. The Morgan fingerprint density at radius 1 is 0.512 bits per heavy atom. The van der Waals surface area contributed by atoms with Crippen LogP contribution in [0.5, 0.6) is 0 Å². The second kappa shape index (κ2) is 9.26. The molecule has 202 valence electrons. The molecule has 9 aromatic rings. The lowest BCUT2D eigenvalue weighted by atomic mass is 10.1. The highest BCUT2D eigenvalue weighted by atomic mass is 15.1. The third kappa shape index (κ3) is 3.63. The van der Waals surface area contributed by atoms with Gasteiger partial charge in [0.15, 0.2) is 11.5 Å². The molecule has 43 heavy (non-hydrogen) atoms. The predicted molar refractivity (Wildman–Crippen MR) is 173 cm³/mol. The minimum absolute atomic E-state index is 0.801. The van der Waals surface area contributed by atoms with Gasteiger partial charge in [0, 0.05) is 46.2 Å². The fraction of sp³-hybridized carbons (Fsp3) is 0. The van der Waals surface area contributed by atoms with Crippen molar-refractivity contribution >= 4 is 38.5 Å². The Balaban J connectivity index is 1.21. The van der Waals surface area contributed by atoms with E-state index in [0.29, 0.717) is 0 Å². The van der Waals surface area contributed by atoms with Gasteiger partial charge in [0.05, 0.1) is 27.8 Å². The number of nitrogens with zero attached hydrogens (tertiary/aromatic N) is 6. The van der Waals surface area contributed by atoms with E-state index in [2.05, 4.69) is 129 Å². The lowest BCUT2D eigenvalue weighted by molar-refractivity contribution is 1.03. The molecular formula is C37H24N6. The predicted octanol–water partition coefficient (Wildman–Crippen LogP) is 8.50. The zero-order valence-electron chi connectivity index (χ0n) is 23.0. The van der Waals surface area contributed by atoms with E-state index >= 15 is 0 Å². The van der Waals surface area contributed by atoms with E-state index in [1.54, 1.807) is 0 Å². The average molecular weight is 553 g/mol. The van der Waals surface area contributed by atoms with Gasteiger partial charge >= 0.3 is 0 Å². The van der Waals surface area contributed by atoms with Gasteiger partial charge in [-0.05, 0) is 36.4 Å². The molecule has 4 heterocycles. The largest absolute Gasteiger partial charge is 0.302 e. The van der Waals surface area contributed by atoms with Gasteiger partial charge in [0.1, 0.15) is 5.82 Å². The van der Waals surface area contributed by atoms with E-state index in [-0.39, 0.29) is 0 Å². The minimum atomic E-state index is 0.801. The Bertz CT molecular complexity index is 2390. The Hall–Kier alpha value is -6.01. The third-order valence-corrected chi connectivity index (χ3v) is 8.16. The SMILES string of the molecule is c1ccc(-n2c(-c3ccc(-c4cn5ccnc5c(-n5c6ccccc6c6ccccc65)n4)cc3)nc3ccccc32)cc1. The van der Waals surface area contributed by atoms with Gasteiger partial charge in [-0.2, -0.15) is 0 Å². The number of aromatic nitrogens is 6. The maximum atomic E-state index is 5.25. The summed E-state index contributed by atoms with van der Waals surface area (Å²) in [7, 11) is 0. The van der Waals surface area contributed by atoms with Crippen molar-refractivity contribution in [3.05, 3.63) is 146 Å². The first-order valence-electron chi connectivity index (χ1n) is 14.3. The van der Waals surface area contributed by atoms with E-state index < -0.39 is 0 Å². The molecule has 0 N–H and O–H groups in total. The molecule has 0 radical (unpaired) electrons. The molecule has 0 amide bonds. The fourth-order valence-electron chi connectivity index (χ4n) is 6.20. The van der Waals surface area contributed by atoms with Gasteiger partial charge in [-0.25, -0.2) is 15.0 Å². The minimum Gasteiger partial charge on any atom is -0.302 e. The Labute approximate surface area is 246 Å². The summed E-state index contributed by atoms with van der Waals surface area (Å²) in [6, 6.07) is 44.1. The smallest absolute Gasteiger partial charge is 0.182 e. The summed E-state index contributed by atoms with van der Waals surface area (Å²) in [6.07, 6.45) is 5.86. The number of benzene rings is 5. The highest BCUT2D eigenvalue weighted by molar-refractivity contribution is 6.09. The average Bonchev–Trinajstić information content (AvgIpc) is 3.79. The summed E-state index contributed by atoms with van der Waals surface area (Å²) in [5.41, 5.74) is 9.07. The molecule has 5 aromatic carbocycles. The Morgan fingerprint density at radius 2 is 1.14 bits per heavy atom. The standard InChI is InChI=1S/C37H24N6/c1-2-10-27(11-3-1)42-34-17-9-6-14-30(34)39-35(42)26-20-18-25(19-21-26)31-24-41-23-22-38-36(41)37(40-31)43-32-15-7-4-12-28(32)29-13-5-8-16-33(29)43/h1-24H. The van der Waals surface area contributed by atoms with Crippen LogP contribution in [-0.4, -0.2) is 28.5 Å². The molecule has 0 spiro atoms. The molecule has 0 unspecified atom stereocenters. The summed E-state index contributed by atoms with van der Waals surface area (Å²) in [5.74, 6) is 1.71. The van der Waals surface area contributed by atoms with Crippen molar-refractivity contribution in [2.24, 2.45) is 0 Å². The normalized spacial score (nSPS) is 11.7. The van der Waals surface area contributed by atoms with Crippen molar-refractivity contribution in [2.75, 3.05) is 0 Å². The first kappa shape index (κ1) is 23.7. The summed E-state index contributed by atoms with van der Waals surface area (Å²) < 4.78 is 6.51. The Morgan fingerprint density at radius 3 is 1.88 bits per heavy atom. The van der Waals surface area contributed by atoms with Crippen LogP contribution in [0.1, 0.15) is 0 Å². The number of fused-ring (bicyclic) bond motifs is 5. The van der Waals surface area contributed by atoms with E-state index in [4.69, 9.17) is 15.0 Å². The van der Waals surface area contributed by atoms with Crippen LogP contribution < -0.4 is 0 Å². The summed E-state index contributed by atoms with van der Waals surface area (Å²) in [6.45, 7) is 0. The van der Waals surface area contributed by atoms with Crippen LogP contribution in [0.15, 0.2) is 146 Å². The van der Waals surface area contributed by atoms with Gasteiger partial charge < -0.3 is 4.40 Å². The number of hydrogen-bond donors (Lipinski definition) is 0. The number of imidazole rings is 2. The third-order valence-electron chi connectivity index (χ3n) is 8.16. The highest BCUT2D eigenvalue weighted by Crippen LogP contribution is 2.34. The van der Waals surface area contributed by atoms with Crippen LogP contribution in [0.25, 0.3) is 72.6 Å². The fourth-order valence-corrected chi connectivity index (χ4v) is 6.20. The van der Waals surface area contributed by atoms with Gasteiger partial charge in [-0.15, -0.1) is 0 Å². The number of hydrogen-bond acceptors (Lipinski definition) is 3. The molecule has 0 saturated carbocycles. The summed E-state index contributed by atoms with van der Waals surface area (Å²) >= 11 is 0. The number of para-hydroxylation sites is 5. The molecule has 0 aliphatic heterocycles. The van der Waals surface area contributed by atoms with Crippen molar-refractivity contribution < 1.29 is 0 Å². The first-order chi connectivity index (χ1) is 21.3. The maximum absolute atomic E-state index is 5.25. The second-order valence-corrected chi connectivity index (χ2v) is 10.7. The molecule has 0 saturated heterocycles. The van der Waals surface area contributed by atoms with Crippen LogP contribution in [-0.2, 0) is 0 Å². The first-order valence-corrected chi connectivity index (χ1v) is 14.3. The summed E-state index contributed by atoms with van der Waals surface area (Å²) in [5, 5.41) is 2.39. The van der Waals surface area contributed by atoms with Gasteiger partial charge in [0.25, 0.3) is 0 Å². The lowest BCUT2D eigenvalue weighted by Crippen LogP contribution is -2.03. The zero-order chi connectivity index (χ0) is 28.3. The van der Waals surface area contributed by atoms with Crippen LogP contribution in [0, 0.1) is 0 Å². The van der Waals surface area contributed by atoms with Crippen LogP contribution in [0.2, 0.25) is 0 Å². The Kier molecular flexibility index (Phi) is 5.10. The number of rotatable bonds is 4. The van der Waals surface area contributed by atoms with Crippen molar-refractivity contribution in [3.63, 3.8) is 0 Å². The van der Waals surface area contributed by atoms with Crippen molar-refractivity contribution in [3.8, 4) is 34.2 Å². The van der Waals surface area contributed by atoms with Crippen molar-refractivity contribution in [1.29, 1.82) is 0 Å². The maximum Gasteiger partial charge on any atom is 0.182 e. The molecule has 0 atom stereocenters. The van der Waals surface area contributed by atoms with Gasteiger partial charge in [-0.1, -0.05) is 91.0 Å². The lowest BCUT2D eigenvalue weighted by Gasteiger charge is -2.12. The van der Waals surface area contributed by atoms with Crippen molar-refractivity contribution in [1.82, 2.24) is 28.5 Å².